The summed E-state index contributed by atoms with van der Waals surface area (Å²) in [5.41, 5.74) is 0. The lowest BCUT2D eigenvalue weighted by molar-refractivity contribution is 0.0787. The molecule has 2 rings (SSSR count). The molecular weight excluding hydrogens is 272 g/mol. The molecule has 2 aromatic rings. The van der Waals surface area contributed by atoms with Gasteiger partial charge in [0.1, 0.15) is 36.3 Å². The van der Waals surface area contributed by atoms with Gasteiger partial charge < -0.3 is 23.8 Å². The second-order valence-electron chi connectivity index (χ2n) is 4.88. The Morgan fingerprint density at radius 1 is 0.714 bits per heavy atom. The first kappa shape index (κ1) is 15.8. The SMILES string of the molecule is OCCCc1ccc(COCc2ccc(CCCO)o2)o1. The molecule has 2 aromatic heterocycles. The minimum absolute atomic E-state index is 0.170. The summed E-state index contributed by atoms with van der Waals surface area (Å²) >= 11 is 0. The van der Waals surface area contributed by atoms with E-state index >= 15 is 0 Å². The number of aliphatic hydroxyl groups is 2. The highest BCUT2D eigenvalue weighted by Crippen LogP contribution is 2.14. The molecule has 0 unspecified atom stereocenters. The van der Waals surface area contributed by atoms with E-state index in [-0.39, 0.29) is 13.2 Å². The summed E-state index contributed by atoms with van der Waals surface area (Å²) in [7, 11) is 0. The van der Waals surface area contributed by atoms with Crippen LogP contribution in [0.4, 0.5) is 0 Å². The van der Waals surface area contributed by atoms with E-state index in [0.717, 1.165) is 35.9 Å². The van der Waals surface area contributed by atoms with E-state index in [1.165, 1.54) is 0 Å². The molecule has 0 aliphatic heterocycles. The van der Waals surface area contributed by atoms with Gasteiger partial charge in [-0.05, 0) is 37.1 Å². The zero-order valence-electron chi connectivity index (χ0n) is 12.1. The molecule has 0 spiro atoms. The lowest BCUT2D eigenvalue weighted by Crippen LogP contribution is -1.92. The standard InChI is InChI=1S/C16H22O5/c17-9-1-3-13-5-7-15(20-13)11-19-12-16-8-6-14(21-16)4-2-10-18/h5-8,17-18H,1-4,9-12H2. The van der Waals surface area contributed by atoms with Gasteiger partial charge in [-0.25, -0.2) is 0 Å². The number of ether oxygens (including phenoxy) is 1. The molecule has 0 radical (unpaired) electrons. The minimum Gasteiger partial charge on any atom is -0.464 e. The zero-order chi connectivity index (χ0) is 14.9. The van der Waals surface area contributed by atoms with Gasteiger partial charge in [0, 0.05) is 26.1 Å². The first-order valence-electron chi connectivity index (χ1n) is 7.26. The lowest BCUT2D eigenvalue weighted by atomic mass is 10.3. The third-order valence-corrected chi connectivity index (χ3v) is 3.09. The van der Waals surface area contributed by atoms with Gasteiger partial charge in [-0.1, -0.05) is 0 Å². The van der Waals surface area contributed by atoms with Crippen molar-refractivity contribution in [2.75, 3.05) is 13.2 Å². The van der Waals surface area contributed by atoms with Crippen molar-refractivity contribution in [3.8, 4) is 0 Å². The lowest BCUT2D eigenvalue weighted by Gasteiger charge is -2.00. The van der Waals surface area contributed by atoms with Crippen LogP contribution >= 0.6 is 0 Å². The average Bonchev–Trinajstić information content (AvgIpc) is 3.12. The van der Waals surface area contributed by atoms with Crippen LogP contribution in [0, 0.1) is 0 Å². The van der Waals surface area contributed by atoms with Crippen LogP contribution in [-0.2, 0) is 30.8 Å². The van der Waals surface area contributed by atoms with Gasteiger partial charge in [0.2, 0.25) is 0 Å². The van der Waals surface area contributed by atoms with Crippen molar-refractivity contribution in [3.63, 3.8) is 0 Å². The zero-order valence-corrected chi connectivity index (χ0v) is 12.1. The highest BCUT2D eigenvalue weighted by Gasteiger charge is 2.05. The predicted molar refractivity (Wildman–Crippen MR) is 76.7 cm³/mol. The molecule has 21 heavy (non-hydrogen) atoms. The fraction of sp³-hybridized carbons (Fsp3) is 0.500. The number of hydrogen-bond donors (Lipinski definition) is 2. The molecule has 5 nitrogen and oxygen atoms in total. The Hall–Kier alpha value is -1.56. The minimum atomic E-state index is 0.170. The number of hydrogen-bond acceptors (Lipinski definition) is 5. The molecule has 0 fully saturated rings. The second kappa shape index (κ2) is 8.67. The highest BCUT2D eigenvalue weighted by atomic mass is 16.5. The van der Waals surface area contributed by atoms with E-state index in [4.69, 9.17) is 23.8 Å². The van der Waals surface area contributed by atoms with E-state index in [0.29, 0.717) is 26.1 Å². The molecule has 0 amide bonds. The van der Waals surface area contributed by atoms with Gasteiger partial charge >= 0.3 is 0 Å². The van der Waals surface area contributed by atoms with Crippen molar-refractivity contribution < 1.29 is 23.8 Å². The second-order valence-corrected chi connectivity index (χ2v) is 4.88. The quantitative estimate of drug-likeness (QED) is 0.704. The number of furan rings is 2. The van der Waals surface area contributed by atoms with Crippen LogP contribution in [0.5, 0.6) is 0 Å². The fourth-order valence-electron chi connectivity index (χ4n) is 2.03. The van der Waals surface area contributed by atoms with Crippen LogP contribution in [0.15, 0.2) is 33.1 Å². The summed E-state index contributed by atoms with van der Waals surface area (Å²) in [5.74, 6) is 3.28. The third kappa shape index (κ3) is 5.38. The molecule has 0 aliphatic carbocycles. The van der Waals surface area contributed by atoms with Crippen molar-refractivity contribution in [2.45, 2.75) is 38.9 Å². The molecule has 0 bridgehead atoms. The number of aliphatic hydroxyl groups excluding tert-OH is 2. The molecule has 2 heterocycles. The van der Waals surface area contributed by atoms with Crippen LogP contribution in [0.2, 0.25) is 0 Å². The first-order chi connectivity index (χ1) is 10.3. The van der Waals surface area contributed by atoms with Gasteiger partial charge in [-0.2, -0.15) is 0 Å². The van der Waals surface area contributed by atoms with Gasteiger partial charge in [0.25, 0.3) is 0 Å². The van der Waals surface area contributed by atoms with Crippen LogP contribution in [0.3, 0.4) is 0 Å². The Bertz CT molecular complexity index is 468. The van der Waals surface area contributed by atoms with Crippen molar-refractivity contribution in [3.05, 3.63) is 47.3 Å². The maximum Gasteiger partial charge on any atom is 0.129 e. The summed E-state index contributed by atoms with van der Waals surface area (Å²) in [5, 5.41) is 17.5. The molecule has 2 N–H and O–H groups in total. The Labute approximate surface area is 124 Å². The monoisotopic (exact) mass is 294 g/mol. The Morgan fingerprint density at radius 2 is 1.14 bits per heavy atom. The summed E-state index contributed by atoms with van der Waals surface area (Å²) in [6.07, 6.45) is 2.89. The number of aryl methyl sites for hydroxylation is 2. The van der Waals surface area contributed by atoms with Crippen LogP contribution in [0.25, 0.3) is 0 Å². The van der Waals surface area contributed by atoms with Crippen LogP contribution in [-0.4, -0.2) is 23.4 Å². The first-order valence-corrected chi connectivity index (χ1v) is 7.26. The Kier molecular flexibility index (Phi) is 6.53. The predicted octanol–water partition coefficient (Wildman–Crippen LogP) is 2.44. The van der Waals surface area contributed by atoms with E-state index in [9.17, 15) is 0 Å². The molecule has 0 aromatic carbocycles. The molecule has 116 valence electrons. The van der Waals surface area contributed by atoms with Gasteiger partial charge in [0.15, 0.2) is 0 Å². The Morgan fingerprint density at radius 3 is 1.57 bits per heavy atom. The summed E-state index contributed by atoms with van der Waals surface area (Å²) in [6.45, 7) is 1.13. The largest absolute Gasteiger partial charge is 0.464 e. The maximum atomic E-state index is 8.77. The molecular formula is C16H22O5. The summed E-state index contributed by atoms with van der Waals surface area (Å²) in [6, 6.07) is 7.60. The third-order valence-electron chi connectivity index (χ3n) is 3.09. The fourth-order valence-corrected chi connectivity index (χ4v) is 2.03. The smallest absolute Gasteiger partial charge is 0.129 e. The van der Waals surface area contributed by atoms with E-state index in [1.54, 1.807) is 0 Å². The van der Waals surface area contributed by atoms with Gasteiger partial charge in [0.05, 0.1) is 0 Å². The highest BCUT2D eigenvalue weighted by molar-refractivity contribution is 5.08. The normalized spacial score (nSPS) is 11.1. The van der Waals surface area contributed by atoms with Crippen LogP contribution in [0.1, 0.15) is 35.9 Å². The molecule has 0 atom stereocenters. The van der Waals surface area contributed by atoms with E-state index in [2.05, 4.69) is 0 Å². The topological polar surface area (TPSA) is 76.0 Å². The van der Waals surface area contributed by atoms with Gasteiger partial charge in [-0.15, -0.1) is 0 Å². The summed E-state index contributed by atoms with van der Waals surface area (Å²) in [4.78, 5) is 0. The van der Waals surface area contributed by atoms with Gasteiger partial charge in [-0.3, -0.25) is 0 Å². The van der Waals surface area contributed by atoms with E-state index in [1.807, 2.05) is 24.3 Å². The number of rotatable bonds is 10. The molecule has 5 heteroatoms. The molecule has 0 saturated heterocycles. The van der Waals surface area contributed by atoms with Crippen molar-refractivity contribution in [1.82, 2.24) is 0 Å². The van der Waals surface area contributed by atoms with Crippen molar-refractivity contribution in [2.24, 2.45) is 0 Å². The summed E-state index contributed by atoms with van der Waals surface area (Å²) < 4.78 is 16.7. The maximum absolute atomic E-state index is 8.77. The van der Waals surface area contributed by atoms with E-state index < -0.39 is 0 Å². The average molecular weight is 294 g/mol. The van der Waals surface area contributed by atoms with Crippen molar-refractivity contribution in [1.29, 1.82) is 0 Å². The molecule has 0 aliphatic rings. The molecule has 0 saturated carbocycles. The van der Waals surface area contributed by atoms with Crippen LogP contribution < -0.4 is 0 Å². The van der Waals surface area contributed by atoms with Crippen molar-refractivity contribution >= 4 is 0 Å². The Balaban J connectivity index is 1.71.